The molecule has 0 amide bonds. The Balaban J connectivity index is 1.73. The van der Waals surface area contributed by atoms with Gasteiger partial charge in [0.05, 0.1) is 11.2 Å². The molecule has 0 radical (unpaired) electrons. The summed E-state index contributed by atoms with van der Waals surface area (Å²) < 4.78 is 19.9. The first-order chi connectivity index (χ1) is 10.0. The molecule has 4 heteroatoms. The molecule has 2 heterocycles. The number of ether oxygens (including phenoxy) is 1. The molecule has 1 spiro atoms. The van der Waals surface area contributed by atoms with Gasteiger partial charge < -0.3 is 9.84 Å². The third kappa shape index (κ3) is 3.27. The van der Waals surface area contributed by atoms with E-state index in [-0.39, 0.29) is 17.3 Å². The zero-order valence-corrected chi connectivity index (χ0v) is 13.3. The van der Waals surface area contributed by atoms with Crippen molar-refractivity contribution < 1.29 is 14.2 Å². The topological polar surface area (TPSA) is 29.5 Å². The maximum Gasteiger partial charge on any atom is 0.126 e. The summed E-state index contributed by atoms with van der Waals surface area (Å²) in [5.41, 5.74) is -0.331. The van der Waals surface area contributed by atoms with Gasteiger partial charge in [-0.1, -0.05) is 18.2 Å². The number of halogens is 1. The van der Waals surface area contributed by atoms with E-state index in [2.05, 4.69) is 0 Å². The van der Waals surface area contributed by atoms with Gasteiger partial charge in [0, 0.05) is 18.8 Å². The highest BCUT2D eigenvalue weighted by molar-refractivity contribution is 7.99. The van der Waals surface area contributed by atoms with Crippen molar-refractivity contribution in [3.8, 4) is 0 Å². The second-order valence-electron chi connectivity index (χ2n) is 6.65. The van der Waals surface area contributed by atoms with Crippen LogP contribution in [-0.4, -0.2) is 34.4 Å². The fourth-order valence-electron chi connectivity index (χ4n) is 3.59. The normalized spacial score (nSPS) is 32.2. The Labute approximate surface area is 130 Å². The molecule has 3 unspecified atom stereocenters. The molecule has 2 aliphatic heterocycles. The molecule has 2 nitrogen and oxygen atoms in total. The van der Waals surface area contributed by atoms with Gasteiger partial charge in [-0.25, -0.2) is 4.39 Å². The van der Waals surface area contributed by atoms with Crippen molar-refractivity contribution in [2.24, 2.45) is 5.92 Å². The molecule has 1 aromatic rings. The molecule has 116 valence electrons. The first kappa shape index (κ1) is 15.3. The van der Waals surface area contributed by atoms with Crippen LogP contribution in [0.2, 0.25) is 0 Å². The highest BCUT2D eigenvalue weighted by Crippen LogP contribution is 2.44. The van der Waals surface area contributed by atoms with Gasteiger partial charge in [0.15, 0.2) is 0 Å². The van der Waals surface area contributed by atoms with Crippen LogP contribution in [0.15, 0.2) is 24.3 Å². The molecule has 3 atom stereocenters. The van der Waals surface area contributed by atoms with E-state index in [1.54, 1.807) is 12.1 Å². The molecule has 1 aromatic carbocycles. The second kappa shape index (κ2) is 5.90. The van der Waals surface area contributed by atoms with Crippen molar-refractivity contribution in [2.75, 3.05) is 18.1 Å². The van der Waals surface area contributed by atoms with Gasteiger partial charge in [0.1, 0.15) is 5.82 Å². The lowest BCUT2D eigenvalue weighted by molar-refractivity contribution is -0.126. The molecule has 0 aliphatic carbocycles. The van der Waals surface area contributed by atoms with E-state index < -0.39 is 5.60 Å². The molecule has 0 aromatic heterocycles. The van der Waals surface area contributed by atoms with E-state index >= 15 is 0 Å². The Hall–Kier alpha value is -0.580. The fraction of sp³-hybridized carbons (Fsp3) is 0.647. The minimum Gasteiger partial charge on any atom is -0.390 e. The molecular formula is C17H23FO2S. The van der Waals surface area contributed by atoms with Crippen molar-refractivity contribution in [1.82, 2.24) is 0 Å². The standard InChI is InChI=1S/C17H23FO2S/c1-16(19,10-13-4-2-3-5-15(13)18)14-6-8-20-17(11-14)7-9-21-12-17/h2-5,14,19H,6-12H2,1H3. The Kier molecular flexibility index (Phi) is 4.30. The lowest BCUT2D eigenvalue weighted by atomic mass is 9.74. The maximum absolute atomic E-state index is 13.8. The van der Waals surface area contributed by atoms with Crippen LogP contribution >= 0.6 is 11.8 Å². The van der Waals surface area contributed by atoms with Crippen LogP contribution in [0.5, 0.6) is 0 Å². The summed E-state index contributed by atoms with van der Waals surface area (Å²) in [5, 5.41) is 10.9. The molecule has 3 rings (SSSR count). The Morgan fingerprint density at radius 3 is 3.00 bits per heavy atom. The van der Waals surface area contributed by atoms with Crippen molar-refractivity contribution in [2.45, 2.75) is 43.8 Å². The van der Waals surface area contributed by atoms with Crippen molar-refractivity contribution in [3.05, 3.63) is 35.6 Å². The maximum atomic E-state index is 13.8. The van der Waals surface area contributed by atoms with E-state index in [1.807, 2.05) is 24.8 Å². The van der Waals surface area contributed by atoms with Gasteiger partial charge in [-0.3, -0.25) is 0 Å². The lowest BCUT2D eigenvalue weighted by Crippen LogP contribution is -2.48. The number of hydrogen-bond donors (Lipinski definition) is 1. The van der Waals surface area contributed by atoms with Gasteiger partial charge in [-0.2, -0.15) is 11.8 Å². The third-order valence-corrected chi connectivity index (χ3v) is 6.17. The van der Waals surface area contributed by atoms with Crippen LogP contribution in [0.3, 0.4) is 0 Å². The fourth-order valence-corrected chi connectivity index (χ4v) is 4.97. The van der Waals surface area contributed by atoms with Crippen LogP contribution in [0.4, 0.5) is 4.39 Å². The van der Waals surface area contributed by atoms with Crippen LogP contribution in [0, 0.1) is 11.7 Å². The van der Waals surface area contributed by atoms with E-state index in [9.17, 15) is 9.50 Å². The second-order valence-corrected chi connectivity index (χ2v) is 7.75. The van der Waals surface area contributed by atoms with Gasteiger partial charge in [-0.15, -0.1) is 0 Å². The molecular weight excluding hydrogens is 287 g/mol. The average molecular weight is 310 g/mol. The molecule has 21 heavy (non-hydrogen) atoms. The third-order valence-electron chi connectivity index (χ3n) is 4.95. The van der Waals surface area contributed by atoms with Gasteiger partial charge in [0.25, 0.3) is 0 Å². The predicted molar refractivity (Wildman–Crippen MR) is 84.1 cm³/mol. The first-order valence-corrected chi connectivity index (χ1v) is 8.84. The Bertz CT molecular complexity index is 497. The van der Waals surface area contributed by atoms with E-state index in [0.717, 1.165) is 30.8 Å². The summed E-state index contributed by atoms with van der Waals surface area (Å²) in [4.78, 5) is 0. The summed E-state index contributed by atoms with van der Waals surface area (Å²) in [6.45, 7) is 2.56. The molecule has 0 bridgehead atoms. The molecule has 2 saturated heterocycles. The SMILES string of the molecule is CC(O)(Cc1ccccc1F)C1CCOC2(CCSC2)C1. The minimum absolute atomic E-state index is 0.0488. The quantitative estimate of drug-likeness (QED) is 0.927. The van der Waals surface area contributed by atoms with Crippen molar-refractivity contribution in [3.63, 3.8) is 0 Å². The zero-order valence-electron chi connectivity index (χ0n) is 12.5. The van der Waals surface area contributed by atoms with Crippen LogP contribution in [0.1, 0.15) is 31.7 Å². The van der Waals surface area contributed by atoms with Crippen molar-refractivity contribution in [1.29, 1.82) is 0 Å². The minimum atomic E-state index is -0.883. The van der Waals surface area contributed by atoms with E-state index in [0.29, 0.717) is 18.6 Å². The molecule has 2 fully saturated rings. The average Bonchev–Trinajstić information content (AvgIpc) is 2.89. The van der Waals surface area contributed by atoms with Crippen LogP contribution in [0.25, 0.3) is 0 Å². The van der Waals surface area contributed by atoms with Crippen molar-refractivity contribution >= 4 is 11.8 Å². The smallest absolute Gasteiger partial charge is 0.126 e. The Morgan fingerprint density at radius 2 is 2.29 bits per heavy atom. The molecule has 1 N–H and O–H groups in total. The van der Waals surface area contributed by atoms with Crippen LogP contribution < -0.4 is 0 Å². The molecule has 2 aliphatic rings. The van der Waals surface area contributed by atoms with Crippen LogP contribution in [-0.2, 0) is 11.2 Å². The van der Waals surface area contributed by atoms with Gasteiger partial charge in [0.2, 0.25) is 0 Å². The van der Waals surface area contributed by atoms with E-state index in [1.165, 1.54) is 6.07 Å². The summed E-state index contributed by atoms with van der Waals surface area (Å²) in [5.74, 6) is 2.11. The number of aliphatic hydroxyl groups is 1. The lowest BCUT2D eigenvalue weighted by Gasteiger charge is -2.43. The largest absolute Gasteiger partial charge is 0.390 e. The summed E-state index contributed by atoms with van der Waals surface area (Å²) in [6.07, 6.45) is 3.19. The number of thioether (sulfide) groups is 1. The number of rotatable bonds is 3. The van der Waals surface area contributed by atoms with E-state index in [4.69, 9.17) is 4.74 Å². The number of hydrogen-bond acceptors (Lipinski definition) is 3. The van der Waals surface area contributed by atoms with Gasteiger partial charge in [-0.05, 0) is 49.5 Å². The summed E-state index contributed by atoms with van der Waals surface area (Å²) in [7, 11) is 0. The highest BCUT2D eigenvalue weighted by atomic mass is 32.2. The number of benzene rings is 1. The highest BCUT2D eigenvalue weighted by Gasteiger charge is 2.45. The van der Waals surface area contributed by atoms with Gasteiger partial charge >= 0.3 is 0 Å². The predicted octanol–water partition coefficient (Wildman–Crippen LogP) is 3.42. The monoisotopic (exact) mass is 310 g/mol. The Morgan fingerprint density at radius 1 is 1.48 bits per heavy atom. The zero-order chi connectivity index (χ0) is 14.9. The summed E-state index contributed by atoms with van der Waals surface area (Å²) in [6, 6.07) is 6.75. The first-order valence-electron chi connectivity index (χ1n) is 7.68. The summed E-state index contributed by atoms with van der Waals surface area (Å²) >= 11 is 1.93. The molecule has 0 saturated carbocycles.